The van der Waals surface area contributed by atoms with Crippen molar-refractivity contribution < 1.29 is 9.53 Å². The van der Waals surface area contributed by atoms with E-state index in [0.717, 1.165) is 55.0 Å². The molecule has 1 heterocycles. The monoisotopic (exact) mass is 510 g/mol. The number of unbranched alkanes of at least 4 members (excludes halogenated alkanes) is 1. The molecule has 2 atom stereocenters. The van der Waals surface area contributed by atoms with E-state index in [1.54, 1.807) is 0 Å². The number of ether oxygens (including phenoxy) is 1. The van der Waals surface area contributed by atoms with Gasteiger partial charge in [-0.25, -0.2) is 0 Å². The van der Waals surface area contributed by atoms with Gasteiger partial charge in [0.1, 0.15) is 22.6 Å². The lowest BCUT2D eigenvalue weighted by molar-refractivity contribution is -0.166. The first-order valence-corrected chi connectivity index (χ1v) is 19.8. The Labute approximate surface area is 210 Å². The van der Waals surface area contributed by atoms with Crippen LogP contribution in [-0.2, 0) is 9.53 Å². The summed E-state index contributed by atoms with van der Waals surface area (Å²) in [4.78, 5) is 13.1. The Hall–Kier alpha value is -0.826. The number of carbonyl (C=O) groups is 1. The number of hydrogen-bond acceptors (Lipinski definition) is 4. The molecule has 0 saturated carbocycles. The molecule has 1 aliphatic heterocycles. The largest absolute Gasteiger partial charge is 0.456 e. The van der Waals surface area contributed by atoms with E-state index in [1.165, 1.54) is 0 Å². The van der Waals surface area contributed by atoms with Crippen LogP contribution in [0.4, 0.5) is 5.69 Å². The molecular weight excluding hydrogens is 464 g/mol. The number of rotatable bonds is 9. The Morgan fingerprint density at radius 3 is 2.21 bits per heavy atom. The molecule has 7 heteroatoms. The summed E-state index contributed by atoms with van der Waals surface area (Å²) >= 11 is 7.01. The molecule has 1 aromatic carbocycles. The molecule has 1 fully saturated rings. The number of hydrogen-bond donors (Lipinski definition) is 1. The first-order valence-electron chi connectivity index (χ1n) is 12.5. The van der Waals surface area contributed by atoms with Gasteiger partial charge in [0, 0.05) is 17.6 Å². The smallest absolute Gasteiger partial charge is 0.311 e. The molecule has 0 aromatic heterocycles. The highest BCUT2D eigenvalue weighted by molar-refractivity contribution is 6.99. The van der Waals surface area contributed by atoms with Gasteiger partial charge in [0.2, 0.25) is 0 Å². The van der Waals surface area contributed by atoms with Crippen molar-refractivity contribution in [2.75, 3.05) is 17.3 Å². The third-order valence-corrected chi connectivity index (χ3v) is 14.0. The minimum atomic E-state index is -1.63. The number of halogens is 1. The van der Waals surface area contributed by atoms with Crippen LogP contribution in [-0.4, -0.2) is 35.5 Å². The number of benzene rings is 1. The highest BCUT2D eigenvalue weighted by Crippen LogP contribution is 2.48. The van der Waals surface area contributed by atoms with Crippen molar-refractivity contribution in [3.05, 3.63) is 28.8 Å². The van der Waals surface area contributed by atoms with Gasteiger partial charge in [0.05, 0.1) is 10.4 Å². The third-order valence-electron chi connectivity index (χ3n) is 6.56. The maximum absolute atomic E-state index is 13.1. The Bertz CT molecular complexity index is 805. The lowest BCUT2D eigenvalue weighted by Crippen LogP contribution is -2.59. The van der Waals surface area contributed by atoms with E-state index in [4.69, 9.17) is 16.3 Å². The molecule has 2 rings (SSSR count). The van der Waals surface area contributed by atoms with Crippen molar-refractivity contribution in [3.8, 4) is 0 Å². The zero-order valence-electron chi connectivity index (χ0n) is 22.7. The highest BCUT2D eigenvalue weighted by atomic mass is 35.5. The molecule has 33 heavy (non-hydrogen) atoms. The standard InChI is InChI=1S/C26H47ClN2O2Si2/c1-11-12-15-26(16-17-28-19-26)23(31-24(30)25(2,3)4)20-13-14-22(21(27)18-20)29(32(5,6)7)33(8,9)10/h13-14,18,23,28H,11-12,15-17,19H2,1-10H3. The van der Waals surface area contributed by atoms with Crippen molar-refractivity contribution in [2.24, 2.45) is 10.8 Å². The van der Waals surface area contributed by atoms with Gasteiger partial charge in [-0.3, -0.25) is 4.79 Å². The second-order valence-corrected chi connectivity index (χ2v) is 23.2. The molecule has 2 unspecified atom stereocenters. The maximum atomic E-state index is 13.1. The lowest BCUT2D eigenvalue weighted by Gasteiger charge is -2.46. The number of nitrogens with one attached hydrogen (secondary N) is 1. The number of esters is 1. The zero-order chi connectivity index (χ0) is 25.2. The fraction of sp³-hybridized carbons (Fsp3) is 0.731. The van der Waals surface area contributed by atoms with Crippen molar-refractivity contribution in [2.45, 2.75) is 98.8 Å². The van der Waals surface area contributed by atoms with E-state index in [9.17, 15) is 4.79 Å². The normalized spacial score (nSPS) is 20.6. The fourth-order valence-electron chi connectivity index (χ4n) is 5.29. The summed E-state index contributed by atoms with van der Waals surface area (Å²) in [6, 6.07) is 6.43. The summed E-state index contributed by atoms with van der Waals surface area (Å²) in [7, 11) is -3.27. The van der Waals surface area contributed by atoms with Crippen LogP contribution < -0.4 is 9.55 Å². The van der Waals surface area contributed by atoms with Crippen molar-refractivity contribution in [1.82, 2.24) is 5.32 Å². The van der Waals surface area contributed by atoms with Crippen LogP contribution in [0.25, 0.3) is 0 Å². The summed E-state index contributed by atoms with van der Waals surface area (Å²) in [5.41, 5.74) is 1.50. The zero-order valence-corrected chi connectivity index (χ0v) is 25.4. The van der Waals surface area contributed by atoms with Crippen LogP contribution in [0.3, 0.4) is 0 Å². The second kappa shape index (κ2) is 10.4. The van der Waals surface area contributed by atoms with Gasteiger partial charge in [-0.1, -0.05) is 76.7 Å². The predicted octanol–water partition coefficient (Wildman–Crippen LogP) is 7.62. The highest BCUT2D eigenvalue weighted by Gasteiger charge is 2.45. The molecule has 1 saturated heterocycles. The summed E-state index contributed by atoms with van der Waals surface area (Å²) in [5, 5.41) is 4.32. The van der Waals surface area contributed by atoms with Crippen LogP contribution >= 0.6 is 11.6 Å². The molecule has 0 amide bonds. The van der Waals surface area contributed by atoms with Gasteiger partial charge < -0.3 is 14.3 Å². The van der Waals surface area contributed by atoms with Crippen molar-refractivity contribution in [1.29, 1.82) is 0 Å². The van der Waals surface area contributed by atoms with E-state index >= 15 is 0 Å². The van der Waals surface area contributed by atoms with Crippen LogP contribution in [0.15, 0.2) is 18.2 Å². The minimum Gasteiger partial charge on any atom is -0.456 e. The van der Waals surface area contributed by atoms with Gasteiger partial charge in [-0.15, -0.1) is 0 Å². The maximum Gasteiger partial charge on any atom is 0.311 e. The lowest BCUT2D eigenvalue weighted by atomic mass is 9.74. The van der Waals surface area contributed by atoms with Crippen LogP contribution in [0.5, 0.6) is 0 Å². The molecule has 1 N–H and O–H groups in total. The van der Waals surface area contributed by atoms with Gasteiger partial charge in [-0.2, -0.15) is 0 Å². The summed E-state index contributed by atoms with van der Waals surface area (Å²) < 4.78 is 8.99. The van der Waals surface area contributed by atoms with E-state index in [1.807, 2.05) is 20.8 Å². The van der Waals surface area contributed by atoms with Gasteiger partial charge >= 0.3 is 5.97 Å². The quantitative estimate of drug-likeness (QED) is 0.274. The Morgan fingerprint density at radius 2 is 1.79 bits per heavy atom. The minimum absolute atomic E-state index is 0.0982. The molecule has 188 valence electrons. The summed E-state index contributed by atoms with van der Waals surface area (Å²) in [6.45, 7) is 24.1. The molecule has 0 radical (unpaired) electrons. The molecule has 1 aromatic rings. The number of anilines is 1. The SMILES string of the molecule is CCCCC1(C(OC(=O)C(C)(C)C)c2ccc(N([Si](C)(C)C)[Si](C)(C)C)c(Cl)c2)CCNC1. The number of nitrogens with zero attached hydrogens (tertiary/aromatic N) is 1. The van der Waals surface area contributed by atoms with Crippen LogP contribution in [0.2, 0.25) is 44.3 Å². The predicted molar refractivity (Wildman–Crippen MR) is 148 cm³/mol. The molecular formula is C26H47ClN2O2Si2. The fourth-order valence-corrected chi connectivity index (χ4v) is 15.6. The summed E-state index contributed by atoms with van der Waals surface area (Å²) in [5.74, 6) is -0.152. The Kier molecular flexibility index (Phi) is 8.98. The van der Waals surface area contributed by atoms with E-state index < -0.39 is 21.9 Å². The number of carbonyl (C=O) groups excluding carboxylic acids is 1. The van der Waals surface area contributed by atoms with Crippen LogP contribution in [0.1, 0.15) is 65.0 Å². The van der Waals surface area contributed by atoms with Crippen LogP contribution in [0, 0.1) is 10.8 Å². The van der Waals surface area contributed by atoms with Crippen molar-refractivity contribution in [3.63, 3.8) is 0 Å². The van der Waals surface area contributed by atoms with Crippen molar-refractivity contribution >= 4 is 39.7 Å². The van der Waals surface area contributed by atoms with E-state index in [2.05, 4.69) is 74.0 Å². The van der Waals surface area contributed by atoms with Gasteiger partial charge in [0.25, 0.3) is 0 Å². The van der Waals surface area contributed by atoms with E-state index in [-0.39, 0.29) is 17.5 Å². The van der Waals surface area contributed by atoms with E-state index in [0.29, 0.717) is 0 Å². The average molecular weight is 511 g/mol. The Balaban J connectivity index is 2.57. The van der Waals surface area contributed by atoms with Gasteiger partial charge in [0.15, 0.2) is 0 Å². The topological polar surface area (TPSA) is 41.6 Å². The first kappa shape index (κ1) is 28.4. The molecule has 0 aliphatic carbocycles. The molecule has 4 nitrogen and oxygen atoms in total. The third kappa shape index (κ3) is 6.86. The molecule has 0 bridgehead atoms. The molecule has 0 spiro atoms. The first-order chi connectivity index (χ1) is 15.0. The molecule has 1 aliphatic rings. The Morgan fingerprint density at radius 1 is 1.18 bits per heavy atom. The second-order valence-electron chi connectivity index (χ2n) is 12.8. The van der Waals surface area contributed by atoms with Gasteiger partial charge in [-0.05, 0) is 57.9 Å². The summed E-state index contributed by atoms with van der Waals surface area (Å²) in [6.07, 6.45) is 3.99. The average Bonchev–Trinajstić information content (AvgIpc) is 3.12.